The average molecular weight is 274 g/mol. The molecule has 4 heteroatoms. The molecule has 1 unspecified atom stereocenters. The maximum absolute atomic E-state index is 5.89. The minimum atomic E-state index is 0.160. The predicted octanol–water partition coefficient (Wildman–Crippen LogP) is 2.66. The minimum absolute atomic E-state index is 0.160. The maximum atomic E-state index is 5.89. The van der Waals surface area contributed by atoms with Crippen LogP contribution in [0.4, 0.5) is 0 Å². The van der Waals surface area contributed by atoms with Crippen molar-refractivity contribution in [2.24, 2.45) is 0 Å². The van der Waals surface area contributed by atoms with Crippen molar-refractivity contribution in [3.8, 4) is 5.75 Å². The van der Waals surface area contributed by atoms with E-state index in [4.69, 9.17) is 9.47 Å². The zero-order chi connectivity index (χ0) is 13.9. The van der Waals surface area contributed by atoms with E-state index in [2.05, 4.69) is 35.9 Å². The summed E-state index contributed by atoms with van der Waals surface area (Å²) in [6.07, 6.45) is 2.10. The fourth-order valence-electron chi connectivity index (χ4n) is 2.62. The summed E-state index contributed by atoms with van der Waals surface area (Å²) in [7, 11) is 0. The topological polar surface area (TPSA) is 37.5 Å². The Labute approximate surface area is 119 Å². The van der Waals surface area contributed by atoms with Crippen LogP contribution in [0.15, 0.2) is 30.5 Å². The van der Waals surface area contributed by atoms with E-state index in [1.165, 1.54) is 5.39 Å². The Bertz CT molecular complexity index is 564. The van der Waals surface area contributed by atoms with Gasteiger partial charge in [-0.3, -0.25) is 4.90 Å². The summed E-state index contributed by atoms with van der Waals surface area (Å²) in [5.41, 5.74) is 1.14. The number of rotatable bonds is 4. The average Bonchev–Trinajstić information content (AvgIpc) is 2.93. The van der Waals surface area contributed by atoms with Gasteiger partial charge in [0.05, 0.1) is 6.61 Å². The maximum Gasteiger partial charge on any atom is 0.120 e. The zero-order valence-electron chi connectivity index (χ0n) is 12.1. The van der Waals surface area contributed by atoms with E-state index in [0.29, 0.717) is 12.6 Å². The van der Waals surface area contributed by atoms with Gasteiger partial charge in [-0.05, 0) is 38.1 Å². The van der Waals surface area contributed by atoms with E-state index >= 15 is 0 Å². The summed E-state index contributed by atoms with van der Waals surface area (Å²) < 4.78 is 11.7. The normalized spacial score (nSPS) is 20.6. The number of hydrogen-bond acceptors (Lipinski definition) is 3. The fourth-order valence-corrected chi connectivity index (χ4v) is 2.62. The van der Waals surface area contributed by atoms with Crippen LogP contribution in [0.25, 0.3) is 10.9 Å². The summed E-state index contributed by atoms with van der Waals surface area (Å²) in [5.74, 6) is 0.905. The van der Waals surface area contributed by atoms with Crippen molar-refractivity contribution in [1.29, 1.82) is 0 Å². The van der Waals surface area contributed by atoms with E-state index in [0.717, 1.165) is 31.0 Å². The summed E-state index contributed by atoms with van der Waals surface area (Å²) in [4.78, 5) is 5.62. The molecule has 0 bridgehead atoms. The highest BCUT2D eigenvalue weighted by atomic mass is 16.5. The summed E-state index contributed by atoms with van der Waals surface area (Å²) >= 11 is 0. The molecule has 0 radical (unpaired) electrons. The molecule has 1 fully saturated rings. The van der Waals surface area contributed by atoms with Crippen LogP contribution in [-0.2, 0) is 4.74 Å². The second-order valence-corrected chi connectivity index (χ2v) is 5.62. The first-order valence-corrected chi connectivity index (χ1v) is 7.28. The lowest BCUT2D eigenvalue weighted by Crippen LogP contribution is -2.47. The molecule has 1 saturated heterocycles. The lowest BCUT2D eigenvalue weighted by Gasteiger charge is -2.35. The molecule has 0 amide bonds. The van der Waals surface area contributed by atoms with Crippen molar-refractivity contribution >= 4 is 10.9 Å². The van der Waals surface area contributed by atoms with Crippen LogP contribution in [0.2, 0.25) is 0 Å². The molecule has 4 nitrogen and oxygen atoms in total. The molecule has 0 aliphatic carbocycles. The van der Waals surface area contributed by atoms with Crippen LogP contribution < -0.4 is 4.74 Å². The Hall–Kier alpha value is -1.52. The number of aromatic amines is 1. The summed E-state index contributed by atoms with van der Waals surface area (Å²) in [5, 5.41) is 1.18. The third-order valence-corrected chi connectivity index (χ3v) is 3.86. The number of hydrogen-bond donors (Lipinski definition) is 1. The van der Waals surface area contributed by atoms with Crippen molar-refractivity contribution in [3.63, 3.8) is 0 Å². The molecule has 1 aromatic carbocycles. The molecule has 1 aliphatic heterocycles. The van der Waals surface area contributed by atoms with Gasteiger partial charge >= 0.3 is 0 Å². The van der Waals surface area contributed by atoms with Gasteiger partial charge in [-0.1, -0.05) is 0 Å². The third kappa shape index (κ3) is 2.97. The molecule has 1 aromatic heterocycles. The largest absolute Gasteiger partial charge is 0.491 e. The van der Waals surface area contributed by atoms with E-state index in [1.807, 2.05) is 18.3 Å². The number of fused-ring (bicyclic) bond motifs is 1. The van der Waals surface area contributed by atoms with Gasteiger partial charge in [0.15, 0.2) is 0 Å². The van der Waals surface area contributed by atoms with Crippen LogP contribution in [0.1, 0.15) is 13.8 Å². The number of aromatic nitrogens is 1. The van der Waals surface area contributed by atoms with Gasteiger partial charge in [0.2, 0.25) is 0 Å². The first-order chi connectivity index (χ1) is 9.72. The lowest BCUT2D eigenvalue weighted by molar-refractivity contribution is -0.0564. The number of H-pyrrole nitrogens is 1. The van der Waals surface area contributed by atoms with E-state index in [1.54, 1.807) is 0 Å². The lowest BCUT2D eigenvalue weighted by atomic mass is 10.2. The highest BCUT2D eigenvalue weighted by Crippen LogP contribution is 2.20. The number of morpholine rings is 1. The van der Waals surface area contributed by atoms with Crippen LogP contribution >= 0.6 is 0 Å². The molecule has 0 saturated carbocycles. The SMILES string of the molecule is CC(C)N1CCOC(COc2ccc3[nH]ccc3c2)C1. The molecule has 0 spiro atoms. The van der Waals surface area contributed by atoms with Crippen molar-refractivity contribution < 1.29 is 9.47 Å². The van der Waals surface area contributed by atoms with Gasteiger partial charge in [0, 0.05) is 36.2 Å². The van der Waals surface area contributed by atoms with Crippen molar-refractivity contribution in [2.75, 3.05) is 26.3 Å². The smallest absolute Gasteiger partial charge is 0.120 e. The number of ether oxygens (including phenoxy) is 2. The summed E-state index contributed by atoms with van der Waals surface area (Å²) in [6, 6.07) is 8.74. The Morgan fingerprint density at radius 1 is 1.40 bits per heavy atom. The third-order valence-electron chi connectivity index (χ3n) is 3.86. The molecular formula is C16H22N2O2. The van der Waals surface area contributed by atoms with Gasteiger partial charge in [-0.15, -0.1) is 0 Å². The van der Waals surface area contributed by atoms with Crippen LogP contribution in [-0.4, -0.2) is 48.3 Å². The molecule has 1 N–H and O–H groups in total. The Kier molecular flexibility index (Phi) is 3.94. The Balaban J connectivity index is 1.58. The van der Waals surface area contributed by atoms with Crippen LogP contribution in [0.5, 0.6) is 5.75 Å². The standard InChI is InChI=1S/C16H22N2O2/c1-12(2)18-7-8-19-15(10-18)11-20-14-3-4-16-13(9-14)5-6-17-16/h3-6,9,12,15,17H,7-8,10-11H2,1-2H3. The highest BCUT2D eigenvalue weighted by Gasteiger charge is 2.22. The zero-order valence-corrected chi connectivity index (χ0v) is 12.1. The molecular weight excluding hydrogens is 252 g/mol. The molecule has 108 valence electrons. The fraction of sp³-hybridized carbons (Fsp3) is 0.500. The predicted molar refractivity (Wildman–Crippen MR) is 80.2 cm³/mol. The molecule has 3 rings (SSSR count). The van der Waals surface area contributed by atoms with E-state index in [-0.39, 0.29) is 6.10 Å². The van der Waals surface area contributed by atoms with Gasteiger partial charge in [-0.2, -0.15) is 0 Å². The van der Waals surface area contributed by atoms with Gasteiger partial charge in [-0.25, -0.2) is 0 Å². The number of benzene rings is 1. The molecule has 20 heavy (non-hydrogen) atoms. The van der Waals surface area contributed by atoms with E-state index < -0.39 is 0 Å². The van der Waals surface area contributed by atoms with Crippen LogP contribution in [0.3, 0.4) is 0 Å². The van der Waals surface area contributed by atoms with Crippen molar-refractivity contribution in [1.82, 2.24) is 9.88 Å². The molecule has 2 heterocycles. The first kappa shape index (κ1) is 13.5. The van der Waals surface area contributed by atoms with Crippen molar-refractivity contribution in [2.45, 2.75) is 26.0 Å². The van der Waals surface area contributed by atoms with E-state index in [9.17, 15) is 0 Å². The Morgan fingerprint density at radius 2 is 2.30 bits per heavy atom. The van der Waals surface area contributed by atoms with Gasteiger partial charge in [0.25, 0.3) is 0 Å². The summed E-state index contributed by atoms with van der Waals surface area (Å²) in [6.45, 7) is 7.82. The Morgan fingerprint density at radius 3 is 3.15 bits per heavy atom. The highest BCUT2D eigenvalue weighted by molar-refractivity contribution is 5.80. The molecule has 1 aliphatic rings. The first-order valence-electron chi connectivity index (χ1n) is 7.28. The monoisotopic (exact) mass is 274 g/mol. The minimum Gasteiger partial charge on any atom is -0.491 e. The van der Waals surface area contributed by atoms with Gasteiger partial charge < -0.3 is 14.5 Å². The molecule has 2 aromatic rings. The second-order valence-electron chi connectivity index (χ2n) is 5.62. The van der Waals surface area contributed by atoms with Crippen LogP contribution in [0, 0.1) is 0 Å². The quantitative estimate of drug-likeness (QED) is 0.931. The molecule has 1 atom stereocenters. The van der Waals surface area contributed by atoms with Gasteiger partial charge in [0.1, 0.15) is 18.5 Å². The second kappa shape index (κ2) is 5.85. The number of nitrogens with one attached hydrogen (secondary N) is 1. The van der Waals surface area contributed by atoms with Crippen molar-refractivity contribution in [3.05, 3.63) is 30.5 Å². The number of nitrogens with zero attached hydrogens (tertiary/aromatic N) is 1.